The van der Waals surface area contributed by atoms with Crippen molar-refractivity contribution in [1.29, 1.82) is 0 Å². The van der Waals surface area contributed by atoms with E-state index < -0.39 is 0 Å². The van der Waals surface area contributed by atoms with Gasteiger partial charge in [0.2, 0.25) is 0 Å². The van der Waals surface area contributed by atoms with Gasteiger partial charge in [0.05, 0.1) is 11.2 Å². The number of benzene rings is 2. The Labute approximate surface area is 117 Å². The van der Waals surface area contributed by atoms with Crippen LogP contribution in [0.25, 0.3) is 10.9 Å². The van der Waals surface area contributed by atoms with Crippen LogP contribution < -0.4 is 4.74 Å². The van der Waals surface area contributed by atoms with Gasteiger partial charge in [0.1, 0.15) is 18.2 Å². The molecule has 0 fully saturated rings. The highest BCUT2D eigenvalue weighted by Gasteiger charge is 2.08. The minimum atomic E-state index is -0.218. The molecule has 1 aromatic heterocycles. The normalized spacial score (nSPS) is 10.9. The highest BCUT2D eigenvalue weighted by atomic mass is 19.1. The summed E-state index contributed by atoms with van der Waals surface area (Å²) in [4.78, 5) is 0. The van der Waals surface area contributed by atoms with E-state index in [0.29, 0.717) is 6.61 Å². The predicted octanol–water partition coefficient (Wildman–Crippen LogP) is 4.20. The number of hydrogen-bond acceptors (Lipinski definition) is 1. The number of ether oxygens (including phenoxy) is 1. The van der Waals surface area contributed by atoms with Crippen LogP contribution in [0.3, 0.4) is 0 Å². The molecular weight excluding hydrogens is 253 g/mol. The number of para-hydroxylation sites is 1. The van der Waals surface area contributed by atoms with E-state index in [1.807, 2.05) is 48.9 Å². The number of halogens is 1. The Morgan fingerprint density at radius 1 is 1.10 bits per heavy atom. The lowest BCUT2D eigenvalue weighted by atomic mass is 10.2. The summed E-state index contributed by atoms with van der Waals surface area (Å²) in [7, 11) is 1.93. The molecule has 0 aliphatic heterocycles. The van der Waals surface area contributed by atoms with Crippen LogP contribution in [0, 0.1) is 12.7 Å². The second kappa shape index (κ2) is 5.00. The average Bonchev–Trinajstić information content (AvgIpc) is 2.75. The Hall–Kier alpha value is -2.29. The van der Waals surface area contributed by atoms with E-state index in [9.17, 15) is 4.39 Å². The SMILES string of the molecule is Cc1ccccc1OCc1cc2ccc(F)cc2n1C. The first-order valence-electron chi connectivity index (χ1n) is 6.57. The highest BCUT2D eigenvalue weighted by molar-refractivity contribution is 5.81. The van der Waals surface area contributed by atoms with E-state index >= 15 is 0 Å². The summed E-state index contributed by atoms with van der Waals surface area (Å²) >= 11 is 0. The van der Waals surface area contributed by atoms with Crippen LogP contribution in [0.5, 0.6) is 5.75 Å². The zero-order chi connectivity index (χ0) is 14.1. The summed E-state index contributed by atoms with van der Waals surface area (Å²) in [6.07, 6.45) is 0. The molecule has 0 unspecified atom stereocenters. The van der Waals surface area contributed by atoms with Crippen LogP contribution in [0.15, 0.2) is 48.5 Å². The van der Waals surface area contributed by atoms with E-state index in [1.165, 1.54) is 6.07 Å². The van der Waals surface area contributed by atoms with Crippen molar-refractivity contribution in [1.82, 2.24) is 4.57 Å². The minimum Gasteiger partial charge on any atom is -0.487 e. The second-order valence-corrected chi connectivity index (χ2v) is 4.95. The van der Waals surface area contributed by atoms with Gasteiger partial charge in [0, 0.05) is 12.4 Å². The van der Waals surface area contributed by atoms with Crippen molar-refractivity contribution in [3.05, 3.63) is 65.6 Å². The van der Waals surface area contributed by atoms with E-state index in [4.69, 9.17) is 4.74 Å². The van der Waals surface area contributed by atoms with Gasteiger partial charge in [-0.2, -0.15) is 0 Å². The number of nitrogens with zero attached hydrogens (tertiary/aromatic N) is 1. The summed E-state index contributed by atoms with van der Waals surface area (Å²) in [5.41, 5.74) is 3.01. The van der Waals surface area contributed by atoms with Crippen molar-refractivity contribution in [2.75, 3.05) is 0 Å². The second-order valence-electron chi connectivity index (χ2n) is 4.95. The van der Waals surface area contributed by atoms with Crippen LogP contribution in [-0.2, 0) is 13.7 Å². The predicted molar refractivity (Wildman–Crippen MR) is 78.4 cm³/mol. The molecule has 2 nitrogen and oxygen atoms in total. The molecule has 0 amide bonds. The van der Waals surface area contributed by atoms with Gasteiger partial charge in [-0.15, -0.1) is 0 Å². The van der Waals surface area contributed by atoms with Crippen LogP contribution >= 0.6 is 0 Å². The Balaban J connectivity index is 1.88. The van der Waals surface area contributed by atoms with Gasteiger partial charge < -0.3 is 9.30 Å². The lowest BCUT2D eigenvalue weighted by Crippen LogP contribution is -2.02. The summed E-state index contributed by atoms with van der Waals surface area (Å²) in [5.74, 6) is 0.661. The molecular formula is C17H16FNO. The largest absolute Gasteiger partial charge is 0.487 e. The van der Waals surface area contributed by atoms with Crippen molar-refractivity contribution >= 4 is 10.9 Å². The molecule has 0 saturated carbocycles. The first-order chi connectivity index (χ1) is 9.65. The first kappa shape index (κ1) is 12.7. The molecule has 0 spiro atoms. The summed E-state index contributed by atoms with van der Waals surface area (Å²) in [5, 5.41) is 1.03. The molecule has 0 N–H and O–H groups in total. The van der Waals surface area contributed by atoms with Crippen molar-refractivity contribution in [2.24, 2.45) is 7.05 Å². The van der Waals surface area contributed by atoms with Gasteiger partial charge in [0.15, 0.2) is 0 Å². The third kappa shape index (κ3) is 2.27. The summed E-state index contributed by atoms with van der Waals surface area (Å²) in [6.45, 7) is 2.49. The zero-order valence-corrected chi connectivity index (χ0v) is 11.6. The molecule has 102 valence electrons. The number of aryl methyl sites for hydroxylation is 2. The number of hydrogen-bond donors (Lipinski definition) is 0. The number of aromatic nitrogens is 1. The Kier molecular flexibility index (Phi) is 3.18. The molecule has 0 radical (unpaired) electrons. The summed E-state index contributed by atoms with van der Waals surface area (Å²) < 4.78 is 21.1. The monoisotopic (exact) mass is 269 g/mol. The smallest absolute Gasteiger partial charge is 0.128 e. The highest BCUT2D eigenvalue weighted by Crippen LogP contribution is 2.22. The fourth-order valence-electron chi connectivity index (χ4n) is 2.37. The lowest BCUT2D eigenvalue weighted by Gasteiger charge is -2.09. The minimum absolute atomic E-state index is 0.218. The lowest BCUT2D eigenvalue weighted by molar-refractivity contribution is 0.296. The van der Waals surface area contributed by atoms with Crippen LogP contribution in [0.1, 0.15) is 11.3 Å². The van der Waals surface area contributed by atoms with Gasteiger partial charge in [-0.25, -0.2) is 4.39 Å². The Morgan fingerprint density at radius 3 is 2.70 bits per heavy atom. The molecule has 3 rings (SSSR count). The zero-order valence-electron chi connectivity index (χ0n) is 11.6. The topological polar surface area (TPSA) is 14.2 Å². The van der Waals surface area contributed by atoms with E-state index in [2.05, 4.69) is 0 Å². The van der Waals surface area contributed by atoms with Gasteiger partial charge in [-0.1, -0.05) is 18.2 Å². The van der Waals surface area contributed by atoms with E-state index in [0.717, 1.165) is 27.9 Å². The fraction of sp³-hybridized carbons (Fsp3) is 0.176. The van der Waals surface area contributed by atoms with Crippen molar-refractivity contribution < 1.29 is 9.13 Å². The molecule has 1 heterocycles. The maximum Gasteiger partial charge on any atom is 0.128 e. The number of rotatable bonds is 3. The average molecular weight is 269 g/mol. The van der Waals surface area contributed by atoms with Crippen LogP contribution in [-0.4, -0.2) is 4.57 Å². The Morgan fingerprint density at radius 2 is 1.90 bits per heavy atom. The van der Waals surface area contributed by atoms with Crippen molar-refractivity contribution in [2.45, 2.75) is 13.5 Å². The van der Waals surface area contributed by atoms with Gasteiger partial charge in [0.25, 0.3) is 0 Å². The van der Waals surface area contributed by atoms with Crippen LogP contribution in [0.2, 0.25) is 0 Å². The molecule has 0 aliphatic carbocycles. The standard InChI is InChI=1S/C17H16FNO/c1-12-5-3-4-6-17(12)20-11-15-9-13-7-8-14(18)10-16(13)19(15)2/h3-10H,11H2,1-2H3. The molecule has 0 atom stereocenters. The van der Waals surface area contributed by atoms with E-state index in [-0.39, 0.29) is 5.82 Å². The van der Waals surface area contributed by atoms with Crippen LogP contribution in [0.4, 0.5) is 4.39 Å². The van der Waals surface area contributed by atoms with Gasteiger partial charge in [-0.05, 0) is 42.8 Å². The summed E-state index contributed by atoms with van der Waals surface area (Å²) in [6, 6.07) is 14.8. The fourth-order valence-corrected chi connectivity index (χ4v) is 2.37. The van der Waals surface area contributed by atoms with Crippen molar-refractivity contribution in [3.8, 4) is 5.75 Å². The quantitative estimate of drug-likeness (QED) is 0.695. The molecule has 3 aromatic rings. The maximum absolute atomic E-state index is 13.3. The molecule has 0 aliphatic rings. The molecule has 0 saturated heterocycles. The number of fused-ring (bicyclic) bond motifs is 1. The third-order valence-corrected chi connectivity index (χ3v) is 3.58. The molecule has 0 bridgehead atoms. The molecule has 20 heavy (non-hydrogen) atoms. The first-order valence-corrected chi connectivity index (χ1v) is 6.57. The van der Waals surface area contributed by atoms with Gasteiger partial charge in [-0.3, -0.25) is 0 Å². The Bertz CT molecular complexity index is 761. The van der Waals surface area contributed by atoms with Crippen molar-refractivity contribution in [3.63, 3.8) is 0 Å². The van der Waals surface area contributed by atoms with E-state index in [1.54, 1.807) is 12.1 Å². The third-order valence-electron chi connectivity index (χ3n) is 3.58. The maximum atomic E-state index is 13.3. The molecule has 3 heteroatoms. The molecule has 2 aromatic carbocycles. The van der Waals surface area contributed by atoms with Gasteiger partial charge >= 0.3 is 0 Å².